The molecule has 0 spiro atoms. The number of ether oxygens (including phenoxy) is 2. The Morgan fingerprint density at radius 2 is 1.70 bits per heavy atom. The summed E-state index contributed by atoms with van der Waals surface area (Å²) in [4.78, 5) is 1.60. The lowest BCUT2D eigenvalue weighted by molar-refractivity contribution is -0.883. The molecule has 1 aliphatic rings. The Labute approximate surface area is 119 Å². The Morgan fingerprint density at radius 1 is 1.10 bits per heavy atom. The molecule has 112 valence electrons. The molecule has 1 aliphatic heterocycles. The molecule has 0 aliphatic carbocycles. The van der Waals surface area contributed by atoms with Gasteiger partial charge in [-0.2, -0.15) is 4.31 Å². The van der Waals surface area contributed by atoms with Crippen LogP contribution in [0.2, 0.25) is 0 Å². The van der Waals surface area contributed by atoms with Gasteiger partial charge in [-0.15, -0.1) is 0 Å². The Hall–Kier alpha value is -1.31. The average molecular weight is 301 g/mol. The van der Waals surface area contributed by atoms with Gasteiger partial charge in [0.25, 0.3) is 0 Å². The molecule has 0 saturated carbocycles. The minimum atomic E-state index is -3.46. The maximum absolute atomic E-state index is 12.6. The van der Waals surface area contributed by atoms with E-state index in [9.17, 15) is 8.42 Å². The summed E-state index contributed by atoms with van der Waals surface area (Å²) in [6.07, 6.45) is 0. The molecule has 1 heterocycles. The van der Waals surface area contributed by atoms with Crippen LogP contribution in [0.15, 0.2) is 23.1 Å². The molecule has 0 atom stereocenters. The standard InChI is InChI=1S/C13H20N2O4S/c1-14-6-8-15(9-7-14)20(16,17)11-4-5-12(18-2)13(10-11)19-3/h4-5,10H,6-9H2,1-3H3/p+1. The summed E-state index contributed by atoms with van der Waals surface area (Å²) in [7, 11) is 1.63. The van der Waals surface area contributed by atoms with Crippen molar-refractivity contribution >= 4 is 10.0 Å². The number of benzene rings is 1. The van der Waals surface area contributed by atoms with Crippen molar-refractivity contribution in [1.29, 1.82) is 0 Å². The maximum atomic E-state index is 12.6. The third-order valence-corrected chi connectivity index (χ3v) is 5.46. The highest BCUT2D eigenvalue weighted by Gasteiger charge is 2.29. The molecule has 0 aromatic heterocycles. The van der Waals surface area contributed by atoms with Crippen molar-refractivity contribution in [2.75, 3.05) is 47.4 Å². The van der Waals surface area contributed by atoms with E-state index in [0.717, 1.165) is 13.1 Å². The summed E-state index contributed by atoms with van der Waals surface area (Å²) < 4.78 is 37.0. The number of nitrogens with one attached hydrogen (secondary N) is 1. The van der Waals surface area contributed by atoms with Crippen LogP contribution in [0, 0.1) is 0 Å². The van der Waals surface area contributed by atoms with Crippen molar-refractivity contribution in [3.63, 3.8) is 0 Å². The molecular weight excluding hydrogens is 280 g/mol. The quantitative estimate of drug-likeness (QED) is 0.793. The topological polar surface area (TPSA) is 60.3 Å². The third kappa shape index (κ3) is 2.89. The van der Waals surface area contributed by atoms with Crippen molar-refractivity contribution < 1.29 is 22.8 Å². The summed E-state index contributed by atoms with van der Waals surface area (Å²) in [5.74, 6) is 0.947. The van der Waals surface area contributed by atoms with Crippen LogP contribution in [-0.2, 0) is 10.0 Å². The first kappa shape index (κ1) is 15.1. The van der Waals surface area contributed by atoms with Crippen LogP contribution >= 0.6 is 0 Å². The van der Waals surface area contributed by atoms with Gasteiger partial charge < -0.3 is 14.4 Å². The number of nitrogens with zero attached hydrogens (tertiary/aromatic N) is 1. The third-order valence-electron chi connectivity index (χ3n) is 3.57. The highest BCUT2D eigenvalue weighted by molar-refractivity contribution is 7.89. The number of piperazine rings is 1. The summed E-state index contributed by atoms with van der Waals surface area (Å²) >= 11 is 0. The summed E-state index contributed by atoms with van der Waals surface area (Å²) in [6.45, 7) is 2.74. The van der Waals surface area contributed by atoms with Crippen molar-refractivity contribution in [2.24, 2.45) is 0 Å². The number of rotatable bonds is 4. The number of sulfonamides is 1. The van der Waals surface area contributed by atoms with Crippen LogP contribution in [0.5, 0.6) is 11.5 Å². The molecule has 1 saturated heterocycles. The fourth-order valence-corrected chi connectivity index (χ4v) is 3.69. The summed E-state index contributed by atoms with van der Waals surface area (Å²) in [5.41, 5.74) is 0. The van der Waals surface area contributed by atoms with Gasteiger partial charge in [0.1, 0.15) is 0 Å². The first-order valence-corrected chi connectivity index (χ1v) is 7.96. The molecule has 1 aromatic carbocycles. The molecule has 0 amide bonds. The number of methoxy groups -OCH3 is 2. The van der Waals surface area contributed by atoms with Crippen molar-refractivity contribution in [1.82, 2.24) is 4.31 Å². The van der Waals surface area contributed by atoms with E-state index in [1.807, 2.05) is 0 Å². The molecule has 1 N–H and O–H groups in total. The lowest BCUT2D eigenvalue weighted by atomic mass is 10.3. The second-order valence-corrected chi connectivity index (χ2v) is 6.82. The van der Waals surface area contributed by atoms with E-state index in [1.165, 1.54) is 29.5 Å². The molecule has 20 heavy (non-hydrogen) atoms. The fourth-order valence-electron chi connectivity index (χ4n) is 2.23. The lowest BCUT2D eigenvalue weighted by Gasteiger charge is -2.29. The highest BCUT2D eigenvalue weighted by Crippen LogP contribution is 2.30. The van der Waals surface area contributed by atoms with Gasteiger partial charge in [0.2, 0.25) is 10.0 Å². The van der Waals surface area contributed by atoms with Crippen LogP contribution in [0.1, 0.15) is 0 Å². The molecule has 2 rings (SSSR count). The van der Waals surface area contributed by atoms with E-state index in [1.54, 1.807) is 12.1 Å². The van der Waals surface area contributed by atoms with Crippen molar-refractivity contribution in [3.8, 4) is 11.5 Å². The van der Waals surface area contributed by atoms with Gasteiger partial charge in [-0.25, -0.2) is 8.42 Å². The largest absolute Gasteiger partial charge is 0.493 e. The second kappa shape index (κ2) is 5.99. The van der Waals surface area contributed by atoms with E-state index in [-0.39, 0.29) is 4.90 Å². The van der Waals surface area contributed by atoms with Crippen molar-refractivity contribution in [3.05, 3.63) is 18.2 Å². The zero-order valence-electron chi connectivity index (χ0n) is 12.0. The smallest absolute Gasteiger partial charge is 0.243 e. The number of likely N-dealkylation sites (N-methyl/N-ethyl adjacent to an activating group) is 1. The Balaban J connectivity index is 2.30. The Morgan fingerprint density at radius 3 is 2.25 bits per heavy atom. The van der Waals surface area contributed by atoms with Crippen LogP contribution < -0.4 is 14.4 Å². The molecule has 1 aromatic rings. The van der Waals surface area contributed by atoms with Gasteiger partial charge in [-0.05, 0) is 12.1 Å². The van der Waals surface area contributed by atoms with E-state index in [2.05, 4.69) is 7.05 Å². The van der Waals surface area contributed by atoms with Gasteiger partial charge in [-0.3, -0.25) is 0 Å². The predicted molar refractivity (Wildman–Crippen MR) is 74.9 cm³/mol. The minimum absolute atomic E-state index is 0.245. The van der Waals surface area contributed by atoms with Gasteiger partial charge in [0.05, 0.1) is 52.3 Å². The van der Waals surface area contributed by atoms with Gasteiger partial charge in [0, 0.05) is 6.07 Å². The minimum Gasteiger partial charge on any atom is -0.493 e. The van der Waals surface area contributed by atoms with Crippen molar-refractivity contribution in [2.45, 2.75) is 4.90 Å². The molecule has 6 nitrogen and oxygen atoms in total. The van der Waals surface area contributed by atoms with Gasteiger partial charge >= 0.3 is 0 Å². The van der Waals surface area contributed by atoms with Crippen LogP contribution in [0.25, 0.3) is 0 Å². The SMILES string of the molecule is COc1ccc(S(=O)(=O)N2CC[NH+](C)CC2)cc1OC. The van der Waals surface area contributed by atoms with Gasteiger partial charge in [-0.1, -0.05) is 0 Å². The predicted octanol–water partition coefficient (Wildman–Crippen LogP) is -0.777. The summed E-state index contributed by atoms with van der Waals surface area (Å²) in [6, 6.07) is 4.69. The van der Waals surface area contributed by atoms with Crippen LogP contribution in [-0.4, -0.2) is 60.2 Å². The molecule has 0 unspecified atom stereocenters. The molecule has 7 heteroatoms. The zero-order chi connectivity index (χ0) is 14.8. The molecule has 0 radical (unpaired) electrons. The van der Waals surface area contributed by atoms with Crippen LogP contribution in [0.3, 0.4) is 0 Å². The van der Waals surface area contributed by atoms with Gasteiger partial charge in [0.15, 0.2) is 11.5 Å². The average Bonchev–Trinajstić information content (AvgIpc) is 2.46. The Bertz CT molecular complexity index is 566. The molecular formula is C13H21N2O4S+. The monoisotopic (exact) mass is 301 g/mol. The Kier molecular flexibility index (Phi) is 4.52. The van der Waals surface area contributed by atoms with E-state index >= 15 is 0 Å². The summed E-state index contributed by atoms with van der Waals surface area (Å²) in [5, 5.41) is 0. The van der Waals surface area contributed by atoms with E-state index < -0.39 is 10.0 Å². The lowest BCUT2D eigenvalue weighted by Crippen LogP contribution is -3.12. The van der Waals surface area contributed by atoms with Crippen LogP contribution in [0.4, 0.5) is 0 Å². The molecule has 1 fully saturated rings. The maximum Gasteiger partial charge on any atom is 0.243 e. The first-order chi connectivity index (χ1) is 9.48. The zero-order valence-corrected chi connectivity index (χ0v) is 12.9. The fraction of sp³-hybridized carbons (Fsp3) is 0.538. The first-order valence-electron chi connectivity index (χ1n) is 6.52. The second-order valence-electron chi connectivity index (χ2n) is 4.88. The van der Waals surface area contributed by atoms with E-state index in [0.29, 0.717) is 24.6 Å². The number of hydrogen-bond acceptors (Lipinski definition) is 4. The number of hydrogen-bond donors (Lipinski definition) is 1. The normalized spacial score (nSPS) is 17.9. The number of quaternary nitrogens is 1. The van der Waals surface area contributed by atoms with E-state index in [4.69, 9.17) is 9.47 Å². The molecule has 0 bridgehead atoms. The highest BCUT2D eigenvalue weighted by atomic mass is 32.2.